The van der Waals surface area contributed by atoms with E-state index in [4.69, 9.17) is 9.66 Å². The normalized spacial score (nSPS) is 12.3. The van der Waals surface area contributed by atoms with Crippen LogP contribution in [0.5, 0.6) is 0 Å². The van der Waals surface area contributed by atoms with Crippen molar-refractivity contribution in [3.63, 3.8) is 0 Å². The third kappa shape index (κ3) is 9.20. The van der Waals surface area contributed by atoms with E-state index in [1.807, 2.05) is 0 Å². The molecule has 0 aliphatic heterocycles. The van der Waals surface area contributed by atoms with Crippen molar-refractivity contribution in [3.05, 3.63) is 0 Å². The molecule has 0 heterocycles. The molecule has 0 fully saturated rings. The molecular formula is CH5KO3S. The molecular weight excluding hydrogens is 131 g/mol. The van der Waals surface area contributed by atoms with Gasteiger partial charge < -0.3 is 9.66 Å². The molecule has 0 aromatic rings. The molecule has 0 amide bonds. The first kappa shape index (κ1) is 10.6. The van der Waals surface area contributed by atoms with Crippen LogP contribution in [-0.4, -0.2) is 71.2 Å². The van der Waals surface area contributed by atoms with Crippen molar-refractivity contribution in [2.24, 2.45) is 0 Å². The zero-order valence-corrected chi connectivity index (χ0v) is 3.23. The molecule has 1 unspecified atom stereocenters. The van der Waals surface area contributed by atoms with E-state index in [0.29, 0.717) is 0 Å². The van der Waals surface area contributed by atoms with Crippen molar-refractivity contribution in [2.75, 3.05) is 5.94 Å². The van der Waals surface area contributed by atoms with Gasteiger partial charge in [-0.1, -0.05) is 0 Å². The predicted octanol–water partition coefficient (Wildman–Crippen LogP) is -1.49. The Hall–Kier alpha value is 1.71. The van der Waals surface area contributed by atoms with Crippen molar-refractivity contribution in [1.82, 2.24) is 0 Å². The van der Waals surface area contributed by atoms with Crippen molar-refractivity contribution < 1.29 is 13.9 Å². The average Bonchev–Trinajstić information content (AvgIpc) is 1.38. The van der Waals surface area contributed by atoms with Crippen LogP contribution in [0.25, 0.3) is 0 Å². The molecule has 0 saturated heterocycles. The molecule has 6 heavy (non-hydrogen) atoms. The minimum absolute atomic E-state index is 0. The zero-order valence-electron chi connectivity index (χ0n) is 2.42. The topological polar surface area (TPSA) is 57.5 Å². The van der Waals surface area contributed by atoms with E-state index in [9.17, 15) is 4.21 Å². The summed E-state index contributed by atoms with van der Waals surface area (Å²) in [6, 6.07) is 0. The van der Waals surface area contributed by atoms with E-state index < -0.39 is 17.0 Å². The van der Waals surface area contributed by atoms with Gasteiger partial charge in [-0.2, -0.15) is 0 Å². The Kier molecular flexibility index (Phi) is 11.9. The Morgan fingerprint density at radius 1 is 1.67 bits per heavy atom. The second kappa shape index (κ2) is 6.71. The second-order valence-corrected chi connectivity index (χ2v) is 1.35. The maximum absolute atomic E-state index is 9.23. The zero-order chi connectivity index (χ0) is 4.28. The van der Waals surface area contributed by atoms with Crippen LogP contribution < -0.4 is 0 Å². The van der Waals surface area contributed by atoms with Gasteiger partial charge in [0.2, 0.25) is 0 Å². The summed E-state index contributed by atoms with van der Waals surface area (Å²) >= 11 is -2.02. The summed E-state index contributed by atoms with van der Waals surface area (Å²) in [5.74, 6) is -0.667. The Balaban J connectivity index is 0. The summed E-state index contributed by atoms with van der Waals surface area (Å²) in [5.41, 5.74) is 0. The molecule has 0 aromatic carbocycles. The minimum atomic E-state index is -2.02. The molecule has 0 spiro atoms. The Morgan fingerprint density at radius 3 is 1.83 bits per heavy atom. The first-order valence-corrected chi connectivity index (χ1v) is 2.23. The van der Waals surface area contributed by atoms with Gasteiger partial charge in [0.15, 0.2) is 11.1 Å². The van der Waals surface area contributed by atoms with Gasteiger partial charge in [-0.15, -0.1) is 0 Å². The van der Waals surface area contributed by atoms with Crippen molar-refractivity contribution >= 4 is 62.5 Å². The second-order valence-electron chi connectivity index (χ2n) is 0.451. The summed E-state index contributed by atoms with van der Waals surface area (Å²) in [6.45, 7) is 0. The van der Waals surface area contributed by atoms with Crippen LogP contribution in [0, 0.1) is 0 Å². The monoisotopic (exact) mass is 136 g/mol. The van der Waals surface area contributed by atoms with Gasteiger partial charge in [0.05, 0.1) is 0 Å². The SMILES string of the molecule is O=S(O)CO.[KH]. The number of hydrogen-bond acceptors (Lipinski definition) is 2. The van der Waals surface area contributed by atoms with Crippen molar-refractivity contribution in [3.8, 4) is 0 Å². The molecule has 0 aromatic heterocycles. The van der Waals surface area contributed by atoms with Crippen molar-refractivity contribution in [1.29, 1.82) is 0 Å². The molecule has 0 aliphatic carbocycles. The molecule has 0 rings (SSSR count). The van der Waals surface area contributed by atoms with Crippen LogP contribution in [-0.2, 0) is 11.1 Å². The quantitative estimate of drug-likeness (QED) is 0.341. The summed E-state index contributed by atoms with van der Waals surface area (Å²) in [6.07, 6.45) is 0. The molecule has 3 nitrogen and oxygen atoms in total. The van der Waals surface area contributed by atoms with Gasteiger partial charge >= 0.3 is 51.4 Å². The summed E-state index contributed by atoms with van der Waals surface area (Å²) < 4.78 is 16.8. The van der Waals surface area contributed by atoms with Crippen molar-refractivity contribution in [2.45, 2.75) is 0 Å². The molecule has 0 saturated carbocycles. The number of aliphatic hydroxyl groups excluding tert-OH is 1. The summed E-state index contributed by atoms with van der Waals surface area (Å²) in [7, 11) is 0. The number of hydrogen-bond donors (Lipinski definition) is 2. The third-order valence-electron chi connectivity index (χ3n) is 0.110. The van der Waals surface area contributed by atoms with E-state index in [-0.39, 0.29) is 51.4 Å². The van der Waals surface area contributed by atoms with Crippen LogP contribution in [0.2, 0.25) is 0 Å². The molecule has 5 heteroatoms. The fraction of sp³-hybridized carbons (Fsp3) is 1.00. The predicted molar refractivity (Wildman–Crippen MR) is 25.0 cm³/mol. The Bertz CT molecular complexity index is 46.1. The molecule has 2 N–H and O–H groups in total. The van der Waals surface area contributed by atoms with Gasteiger partial charge in [-0.05, 0) is 0 Å². The average molecular weight is 136 g/mol. The van der Waals surface area contributed by atoms with Crippen LogP contribution in [0.4, 0.5) is 0 Å². The van der Waals surface area contributed by atoms with E-state index in [0.717, 1.165) is 0 Å². The van der Waals surface area contributed by atoms with Crippen LogP contribution in [0.1, 0.15) is 0 Å². The number of aliphatic hydroxyl groups is 1. The van der Waals surface area contributed by atoms with Gasteiger partial charge in [0.25, 0.3) is 0 Å². The van der Waals surface area contributed by atoms with Gasteiger partial charge in [-0.3, -0.25) is 0 Å². The standard InChI is InChI=1S/CH4O3S.K.H/c2-1-5(3)4;;/h2H,1H2,(H,3,4);;. The molecule has 0 radical (unpaired) electrons. The molecule has 0 bridgehead atoms. The number of rotatable bonds is 1. The van der Waals surface area contributed by atoms with Gasteiger partial charge in [0.1, 0.15) is 5.94 Å². The fourth-order valence-corrected chi connectivity index (χ4v) is 0. The van der Waals surface area contributed by atoms with Gasteiger partial charge in [0, 0.05) is 0 Å². The van der Waals surface area contributed by atoms with E-state index >= 15 is 0 Å². The Morgan fingerprint density at radius 2 is 1.83 bits per heavy atom. The van der Waals surface area contributed by atoms with Gasteiger partial charge in [-0.25, -0.2) is 4.21 Å². The van der Waals surface area contributed by atoms with Crippen LogP contribution in [0.3, 0.4) is 0 Å². The van der Waals surface area contributed by atoms with E-state index in [1.165, 1.54) is 0 Å². The third-order valence-corrected chi connectivity index (χ3v) is 0.331. The van der Waals surface area contributed by atoms with Crippen LogP contribution >= 0.6 is 0 Å². The maximum atomic E-state index is 9.23. The first-order chi connectivity index (χ1) is 2.27. The summed E-state index contributed by atoms with van der Waals surface area (Å²) in [4.78, 5) is 0. The molecule has 34 valence electrons. The molecule has 0 aliphatic rings. The summed E-state index contributed by atoms with van der Waals surface area (Å²) in [5, 5.41) is 7.59. The molecule has 1 atom stereocenters. The van der Waals surface area contributed by atoms with E-state index in [1.54, 1.807) is 0 Å². The van der Waals surface area contributed by atoms with E-state index in [2.05, 4.69) is 0 Å². The first-order valence-electron chi connectivity index (χ1n) is 0.954. The fourth-order valence-electron chi connectivity index (χ4n) is 0. The Labute approximate surface area is 80.8 Å². The van der Waals surface area contributed by atoms with Crippen LogP contribution in [0.15, 0.2) is 0 Å².